The molecule has 0 heterocycles. The van der Waals surface area contributed by atoms with Gasteiger partial charge in [-0.3, -0.25) is 4.79 Å². The van der Waals surface area contributed by atoms with E-state index < -0.39 is 16.0 Å². The second-order valence-corrected chi connectivity index (χ2v) is 4.77. The predicted molar refractivity (Wildman–Crippen MR) is 64.5 cm³/mol. The molecule has 0 spiro atoms. The zero-order valence-electron chi connectivity index (χ0n) is 8.86. The molecule has 0 aromatic rings. The fraction of sp³-hybridized carbons (Fsp3) is 0.667. The number of amides is 1. The minimum atomic E-state index is -3.65. The SMILES string of the molecule is C=CC(=O)NOS(=O)(=O)CCCCCC.[NaH]. The summed E-state index contributed by atoms with van der Waals surface area (Å²) in [6.45, 7) is 5.20. The normalized spacial score (nSPS) is 10.3. The summed E-state index contributed by atoms with van der Waals surface area (Å²) in [5.41, 5.74) is 1.77. The van der Waals surface area contributed by atoms with Gasteiger partial charge in [-0.05, 0) is 12.5 Å². The van der Waals surface area contributed by atoms with Gasteiger partial charge in [-0.1, -0.05) is 32.8 Å². The van der Waals surface area contributed by atoms with E-state index >= 15 is 0 Å². The molecule has 16 heavy (non-hydrogen) atoms. The zero-order valence-corrected chi connectivity index (χ0v) is 9.68. The molecular weight excluding hydrogens is 241 g/mol. The zero-order chi connectivity index (χ0) is 11.7. The van der Waals surface area contributed by atoms with Crippen molar-refractivity contribution in [3.63, 3.8) is 0 Å². The van der Waals surface area contributed by atoms with Crippen LogP contribution >= 0.6 is 0 Å². The van der Waals surface area contributed by atoms with Gasteiger partial charge in [0.1, 0.15) is 0 Å². The molecule has 0 saturated carbocycles. The number of hydrogen-bond acceptors (Lipinski definition) is 4. The van der Waals surface area contributed by atoms with Gasteiger partial charge in [0.15, 0.2) is 0 Å². The Labute approximate surface area is 119 Å². The molecule has 0 fully saturated rings. The Hall–Kier alpha value is 0.120. The molecule has 0 aliphatic carbocycles. The summed E-state index contributed by atoms with van der Waals surface area (Å²) in [5, 5.41) is 0. The van der Waals surface area contributed by atoms with E-state index in [9.17, 15) is 13.2 Å². The summed E-state index contributed by atoms with van der Waals surface area (Å²) in [6.07, 6.45) is 4.35. The van der Waals surface area contributed by atoms with Gasteiger partial charge >= 0.3 is 29.6 Å². The van der Waals surface area contributed by atoms with Crippen LogP contribution in [0, 0.1) is 0 Å². The van der Waals surface area contributed by atoms with Gasteiger partial charge in [-0.25, -0.2) is 5.48 Å². The van der Waals surface area contributed by atoms with E-state index in [1.165, 1.54) is 0 Å². The second-order valence-electron chi connectivity index (χ2n) is 3.08. The van der Waals surface area contributed by atoms with Crippen LogP contribution in [-0.2, 0) is 19.2 Å². The van der Waals surface area contributed by atoms with Crippen LogP contribution in [-0.4, -0.2) is 49.6 Å². The first kappa shape index (κ1) is 18.5. The number of nitrogens with one attached hydrogen (secondary N) is 1. The van der Waals surface area contributed by atoms with E-state index in [2.05, 4.69) is 10.9 Å². The first-order valence-electron chi connectivity index (χ1n) is 4.85. The first-order chi connectivity index (χ1) is 7.02. The molecule has 0 rings (SSSR count). The topological polar surface area (TPSA) is 72.5 Å². The Bertz CT molecular complexity index is 303. The second kappa shape index (κ2) is 10.3. The number of carbonyl (C=O) groups excluding carboxylic acids is 1. The summed E-state index contributed by atoms with van der Waals surface area (Å²) in [4.78, 5) is 10.6. The van der Waals surface area contributed by atoms with Crippen LogP contribution in [0.3, 0.4) is 0 Å². The molecule has 0 bridgehead atoms. The summed E-state index contributed by atoms with van der Waals surface area (Å²) in [7, 11) is -3.65. The Balaban J connectivity index is 0. The maximum absolute atomic E-state index is 11.1. The average Bonchev–Trinajstić information content (AvgIpc) is 2.21. The summed E-state index contributed by atoms with van der Waals surface area (Å²) in [5.74, 6) is -0.753. The Kier molecular flexibility index (Phi) is 11.9. The monoisotopic (exact) mass is 259 g/mol. The molecule has 0 unspecified atom stereocenters. The van der Waals surface area contributed by atoms with Crippen molar-refractivity contribution in [2.24, 2.45) is 0 Å². The van der Waals surface area contributed by atoms with Crippen molar-refractivity contribution >= 4 is 45.6 Å². The van der Waals surface area contributed by atoms with E-state index in [0.717, 1.165) is 25.3 Å². The van der Waals surface area contributed by atoms with Crippen LogP contribution in [0.4, 0.5) is 0 Å². The summed E-state index contributed by atoms with van der Waals surface area (Å²) >= 11 is 0. The molecular formula is C9H18NNaO4S. The quantitative estimate of drug-likeness (QED) is 0.298. The standard InChI is InChI=1S/C9H17NO4S.Na.H/c1-3-5-6-7-8-15(12,13)14-10-9(11)4-2;;/h4H,2-3,5-8H2,1H3,(H,10,11);;. The molecule has 1 amide bonds. The van der Waals surface area contributed by atoms with Crippen LogP contribution in [0.5, 0.6) is 0 Å². The predicted octanol–water partition coefficient (Wildman–Crippen LogP) is 0.482. The van der Waals surface area contributed by atoms with E-state index in [1.54, 1.807) is 5.48 Å². The van der Waals surface area contributed by atoms with Crippen LogP contribution in [0.25, 0.3) is 0 Å². The Morgan fingerprint density at radius 1 is 1.38 bits per heavy atom. The van der Waals surface area contributed by atoms with Gasteiger partial charge in [0.05, 0.1) is 5.75 Å². The molecule has 0 saturated heterocycles. The van der Waals surface area contributed by atoms with Gasteiger partial charge in [0.25, 0.3) is 16.0 Å². The van der Waals surface area contributed by atoms with Crippen molar-refractivity contribution in [2.45, 2.75) is 32.6 Å². The van der Waals surface area contributed by atoms with Gasteiger partial charge in [0, 0.05) is 0 Å². The van der Waals surface area contributed by atoms with Crippen LogP contribution in [0.15, 0.2) is 12.7 Å². The first-order valence-corrected chi connectivity index (χ1v) is 6.43. The van der Waals surface area contributed by atoms with E-state index in [-0.39, 0.29) is 35.3 Å². The average molecular weight is 259 g/mol. The number of hydroxylamine groups is 1. The fourth-order valence-corrected chi connectivity index (χ4v) is 1.74. The summed E-state index contributed by atoms with van der Waals surface area (Å²) in [6, 6.07) is 0. The van der Waals surface area contributed by atoms with Gasteiger partial charge < -0.3 is 0 Å². The van der Waals surface area contributed by atoms with E-state index in [1.807, 2.05) is 6.92 Å². The molecule has 0 aromatic carbocycles. The number of hydrogen-bond donors (Lipinski definition) is 1. The molecule has 0 aliphatic rings. The molecule has 0 atom stereocenters. The Morgan fingerprint density at radius 3 is 2.50 bits per heavy atom. The molecule has 0 aromatic heterocycles. The Morgan fingerprint density at radius 2 is 2.00 bits per heavy atom. The molecule has 90 valence electrons. The van der Waals surface area contributed by atoms with E-state index in [0.29, 0.717) is 6.42 Å². The number of carbonyl (C=O) groups is 1. The van der Waals surface area contributed by atoms with Gasteiger partial charge in [-0.2, -0.15) is 8.42 Å². The van der Waals surface area contributed by atoms with Crippen molar-refractivity contribution in [3.8, 4) is 0 Å². The molecule has 0 radical (unpaired) electrons. The van der Waals surface area contributed by atoms with Crippen LogP contribution < -0.4 is 5.48 Å². The van der Waals surface area contributed by atoms with Crippen LogP contribution in [0.1, 0.15) is 32.6 Å². The van der Waals surface area contributed by atoms with Crippen molar-refractivity contribution < 1.29 is 17.5 Å². The van der Waals surface area contributed by atoms with Crippen molar-refractivity contribution in [1.82, 2.24) is 5.48 Å². The summed E-state index contributed by atoms with van der Waals surface area (Å²) < 4.78 is 26.5. The van der Waals surface area contributed by atoms with Gasteiger partial charge in [0.2, 0.25) is 0 Å². The van der Waals surface area contributed by atoms with Crippen molar-refractivity contribution in [2.75, 3.05) is 5.75 Å². The third-order valence-corrected chi connectivity index (χ3v) is 2.83. The van der Waals surface area contributed by atoms with Crippen molar-refractivity contribution in [1.29, 1.82) is 0 Å². The van der Waals surface area contributed by atoms with Gasteiger partial charge in [-0.15, -0.1) is 4.28 Å². The van der Waals surface area contributed by atoms with Crippen LogP contribution in [0.2, 0.25) is 0 Å². The minimum absolute atomic E-state index is 0. The molecule has 7 heteroatoms. The third kappa shape index (κ3) is 10.6. The molecule has 0 aliphatic heterocycles. The van der Waals surface area contributed by atoms with Crippen molar-refractivity contribution in [3.05, 3.63) is 12.7 Å². The fourth-order valence-electron chi connectivity index (χ4n) is 0.893. The number of unbranched alkanes of at least 4 members (excludes halogenated alkanes) is 3. The number of rotatable bonds is 8. The molecule has 1 N–H and O–H groups in total. The third-order valence-electron chi connectivity index (χ3n) is 1.70. The van der Waals surface area contributed by atoms with E-state index in [4.69, 9.17) is 0 Å². The maximum atomic E-state index is 11.1. The molecule has 5 nitrogen and oxygen atoms in total.